The van der Waals surface area contributed by atoms with Gasteiger partial charge in [-0.15, -0.1) is 0 Å². The zero-order valence-electron chi connectivity index (χ0n) is 17.3. The van der Waals surface area contributed by atoms with Gasteiger partial charge in [-0.3, -0.25) is 9.10 Å². The molecule has 5 nitrogen and oxygen atoms in total. The minimum atomic E-state index is -4.67. The number of amides is 1. The van der Waals surface area contributed by atoms with Crippen LogP contribution in [0, 0.1) is 13.8 Å². The van der Waals surface area contributed by atoms with Crippen molar-refractivity contribution in [1.29, 1.82) is 0 Å². The maximum absolute atomic E-state index is 13.3. The number of nitrogens with zero attached hydrogens (tertiary/aromatic N) is 1. The highest BCUT2D eigenvalue weighted by atomic mass is 32.2. The van der Waals surface area contributed by atoms with Gasteiger partial charge >= 0.3 is 6.18 Å². The molecule has 0 spiro atoms. The molecule has 168 valence electrons. The van der Waals surface area contributed by atoms with E-state index in [9.17, 15) is 26.4 Å². The Hall–Kier alpha value is -3.33. The Morgan fingerprint density at radius 3 is 2.19 bits per heavy atom. The molecule has 0 radical (unpaired) electrons. The molecule has 0 atom stereocenters. The Labute approximate surface area is 184 Å². The van der Waals surface area contributed by atoms with Crippen LogP contribution in [0.3, 0.4) is 0 Å². The van der Waals surface area contributed by atoms with Gasteiger partial charge in [0.15, 0.2) is 0 Å². The van der Waals surface area contributed by atoms with Gasteiger partial charge in [-0.05, 0) is 61.9 Å². The molecule has 1 amide bonds. The van der Waals surface area contributed by atoms with E-state index in [-0.39, 0.29) is 10.6 Å². The summed E-state index contributed by atoms with van der Waals surface area (Å²) in [5, 5.41) is 2.59. The maximum atomic E-state index is 13.3. The first kappa shape index (κ1) is 23.3. The highest BCUT2D eigenvalue weighted by Crippen LogP contribution is 2.33. The van der Waals surface area contributed by atoms with E-state index >= 15 is 0 Å². The van der Waals surface area contributed by atoms with Crippen LogP contribution in [0.5, 0.6) is 0 Å². The molecular weight excluding hydrogens is 441 g/mol. The molecule has 0 fully saturated rings. The molecule has 0 bridgehead atoms. The third kappa shape index (κ3) is 5.47. The summed E-state index contributed by atoms with van der Waals surface area (Å²) in [6.45, 7) is 2.90. The number of alkyl halides is 3. The lowest BCUT2D eigenvalue weighted by Crippen LogP contribution is -2.38. The quantitative estimate of drug-likeness (QED) is 0.551. The molecule has 3 rings (SSSR count). The number of hydrogen-bond acceptors (Lipinski definition) is 3. The maximum Gasteiger partial charge on any atom is 0.416 e. The minimum Gasteiger partial charge on any atom is -0.325 e. The molecular formula is C23H21F3N2O3S. The summed E-state index contributed by atoms with van der Waals surface area (Å²) in [7, 11) is -4.32. The minimum absolute atomic E-state index is 0.135. The number of rotatable bonds is 6. The lowest BCUT2D eigenvalue weighted by atomic mass is 10.2. The number of anilines is 2. The summed E-state index contributed by atoms with van der Waals surface area (Å²) in [5.41, 5.74) is 0.862. The van der Waals surface area contributed by atoms with Crippen molar-refractivity contribution in [3.05, 3.63) is 89.5 Å². The van der Waals surface area contributed by atoms with Gasteiger partial charge in [0.05, 0.1) is 16.1 Å². The lowest BCUT2D eigenvalue weighted by Gasteiger charge is -2.25. The van der Waals surface area contributed by atoms with E-state index in [0.29, 0.717) is 16.1 Å². The third-order valence-corrected chi connectivity index (χ3v) is 6.45. The first-order valence-electron chi connectivity index (χ1n) is 9.60. The number of carbonyl (C=O) groups excluding carboxylic acids is 1. The summed E-state index contributed by atoms with van der Waals surface area (Å²) in [5.74, 6) is -0.691. The summed E-state index contributed by atoms with van der Waals surface area (Å²) in [6, 6.07) is 16.6. The van der Waals surface area contributed by atoms with E-state index in [0.717, 1.165) is 23.3 Å². The zero-order valence-corrected chi connectivity index (χ0v) is 18.2. The molecule has 0 aromatic heterocycles. The summed E-state index contributed by atoms with van der Waals surface area (Å²) < 4.78 is 67.0. The topological polar surface area (TPSA) is 66.5 Å². The van der Waals surface area contributed by atoms with Gasteiger partial charge in [-0.1, -0.05) is 35.9 Å². The Bertz CT molecular complexity index is 1220. The molecule has 1 N–H and O–H groups in total. The van der Waals surface area contributed by atoms with E-state index in [4.69, 9.17) is 0 Å². The number of hydrogen-bond donors (Lipinski definition) is 1. The first-order valence-corrected chi connectivity index (χ1v) is 11.0. The van der Waals surface area contributed by atoms with Crippen molar-refractivity contribution in [3.8, 4) is 0 Å². The van der Waals surface area contributed by atoms with Crippen LogP contribution in [0.15, 0.2) is 77.7 Å². The number of carbonyl (C=O) groups is 1. The van der Waals surface area contributed by atoms with Crippen LogP contribution in [0.2, 0.25) is 0 Å². The number of aryl methyl sites for hydroxylation is 2. The molecule has 0 heterocycles. The third-order valence-electron chi connectivity index (χ3n) is 4.66. The van der Waals surface area contributed by atoms with E-state index in [2.05, 4.69) is 5.32 Å². The second-order valence-electron chi connectivity index (χ2n) is 7.29. The molecule has 32 heavy (non-hydrogen) atoms. The Morgan fingerprint density at radius 1 is 0.906 bits per heavy atom. The highest BCUT2D eigenvalue weighted by Gasteiger charge is 2.33. The number of halogens is 3. The second kappa shape index (κ2) is 9.04. The van der Waals surface area contributed by atoms with E-state index in [1.165, 1.54) is 18.2 Å². The van der Waals surface area contributed by atoms with Crippen LogP contribution in [0.1, 0.15) is 16.7 Å². The van der Waals surface area contributed by atoms with Gasteiger partial charge in [-0.25, -0.2) is 8.42 Å². The molecule has 9 heteroatoms. The lowest BCUT2D eigenvalue weighted by molar-refractivity contribution is -0.137. The number of benzene rings is 3. The fourth-order valence-corrected chi connectivity index (χ4v) is 4.46. The Morgan fingerprint density at radius 2 is 1.56 bits per heavy atom. The van der Waals surface area contributed by atoms with Crippen LogP contribution < -0.4 is 9.62 Å². The second-order valence-corrected chi connectivity index (χ2v) is 9.15. The van der Waals surface area contributed by atoms with Gasteiger partial charge in [0.2, 0.25) is 5.91 Å². The van der Waals surface area contributed by atoms with E-state index in [1.54, 1.807) is 37.3 Å². The van der Waals surface area contributed by atoms with Crippen molar-refractivity contribution >= 4 is 27.3 Å². The summed E-state index contributed by atoms with van der Waals surface area (Å²) in [4.78, 5) is 12.5. The van der Waals surface area contributed by atoms with Crippen molar-refractivity contribution in [2.24, 2.45) is 0 Å². The van der Waals surface area contributed by atoms with Crippen molar-refractivity contribution in [3.63, 3.8) is 0 Å². The van der Waals surface area contributed by atoms with Gasteiger partial charge in [0.1, 0.15) is 6.54 Å². The van der Waals surface area contributed by atoms with Gasteiger partial charge < -0.3 is 5.32 Å². The first-order chi connectivity index (χ1) is 15.0. The number of nitrogens with one attached hydrogen (secondary N) is 1. The molecule has 0 saturated carbocycles. The fourth-order valence-electron chi connectivity index (χ4n) is 3.04. The van der Waals surface area contributed by atoms with Gasteiger partial charge in [0.25, 0.3) is 10.0 Å². The normalized spacial score (nSPS) is 11.8. The van der Waals surface area contributed by atoms with Crippen LogP contribution >= 0.6 is 0 Å². The molecule has 3 aromatic carbocycles. The van der Waals surface area contributed by atoms with Gasteiger partial charge in [-0.2, -0.15) is 13.2 Å². The fraction of sp³-hybridized carbons (Fsp3) is 0.174. The van der Waals surface area contributed by atoms with Crippen molar-refractivity contribution in [2.45, 2.75) is 24.9 Å². The zero-order chi connectivity index (χ0) is 23.5. The summed E-state index contributed by atoms with van der Waals surface area (Å²) >= 11 is 0. The Kier molecular flexibility index (Phi) is 6.59. The summed E-state index contributed by atoms with van der Waals surface area (Å²) in [6.07, 6.45) is -4.67. The van der Waals surface area contributed by atoms with E-state index in [1.807, 2.05) is 13.0 Å². The SMILES string of the molecule is Cc1ccc(S(=O)(=O)N(CC(=O)Nc2cccc(C)c2)c2cccc(C(F)(F)F)c2)cc1. The monoisotopic (exact) mass is 462 g/mol. The van der Waals surface area contributed by atoms with Crippen LogP contribution in [0.25, 0.3) is 0 Å². The smallest absolute Gasteiger partial charge is 0.325 e. The molecule has 0 aliphatic heterocycles. The van der Waals surface area contributed by atoms with Gasteiger partial charge in [0, 0.05) is 5.69 Å². The molecule has 3 aromatic rings. The Balaban J connectivity index is 2.01. The van der Waals surface area contributed by atoms with Crippen LogP contribution in [-0.4, -0.2) is 20.9 Å². The van der Waals surface area contributed by atoms with Crippen LogP contribution in [-0.2, 0) is 21.0 Å². The van der Waals surface area contributed by atoms with Crippen molar-refractivity contribution < 1.29 is 26.4 Å². The highest BCUT2D eigenvalue weighted by molar-refractivity contribution is 7.92. The predicted octanol–water partition coefficient (Wildman–Crippen LogP) is 5.16. The average molecular weight is 462 g/mol. The largest absolute Gasteiger partial charge is 0.416 e. The van der Waals surface area contributed by atoms with E-state index < -0.39 is 34.2 Å². The number of sulfonamides is 1. The standard InChI is InChI=1S/C23H21F3N2O3S/c1-16-9-11-21(12-10-16)32(30,31)28(20-8-4-6-18(14-20)23(24,25)26)15-22(29)27-19-7-3-5-17(2)13-19/h3-14H,15H2,1-2H3,(H,27,29). The van der Waals surface area contributed by atoms with Crippen molar-refractivity contribution in [2.75, 3.05) is 16.2 Å². The van der Waals surface area contributed by atoms with Crippen molar-refractivity contribution in [1.82, 2.24) is 0 Å². The van der Waals surface area contributed by atoms with Crippen LogP contribution in [0.4, 0.5) is 24.5 Å². The molecule has 0 aliphatic rings. The molecule has 0 aliphatic carbocycles. The molecule has 0 unspecified atom stereocenters. The molecule has 0 saturated heterocycles. The predicted molar refractivity (Wildman–Crippen MR) is 117 cm³/mol. The average Bonchev–Trinajstić information content (AvgIpc) is 2.72.